The topological polar surface area (TPSA) is 117 Å². The molecule has 0 saturated carbocycles. The molecule has 0 N–H and O–H groups in total. The normalized spacial score (nSPS) is 12.2. The van der Waals surface area contributed by atoms with E-state index >= 15 is 0 Å². The van der Waals surface area contributed by atoms with Crippen molar-refractivity contribution in [3.63, 3.8) is 0 Å². The number of aryl methyl sites for hydroxylation is 2. The molecule has 10 nitrogen and oxygen atoms in total. The molecule has 0 atom stereocenters. The maximum absolute atomic E-state index is 12.4. The van der Waals surface area contributed by atoms with Crippen LogP contribution < -0.4 is 0 Å². The minimum atomic E-state index is -3.85. The molecule has 0 bridgehead atoms. The van der Waals surface area contributed by atoms with Crippen LogP contribution in [-0.2, 0) is 20.8 Å². The van der Waals surface area contributed by atoms with Gasteiger partial charge in [0.15, 0.2) is 17.1 Å². The Morgan fingerprint density at radius 3 is 2.61 bits per heavy atom. The van der Waals surface area contributed by atoms with Crippen molar-refractivity contribution >= 4 is 26.8 Å². The van der Waals surface area contributed by atoms with Crippen LogP contribution in [0.1, 0.15) is 11.4 Å². The Balaban J connectivity index is 1.41. The second-order valence-corrected chi connectivity index (χ2v) is 8.62. The summed E-state index contributed by atoms with van der Waals surface area (Å²) in [5.41, 5.74) is 2.13. The minimum Gasteiger partial charge on any atom is -0.461 e. The first-order chi connectivity index (χ1) is 14.9. The number of aromatic nitrogens is 6. The fourth-order valence-corrected chi connectivity index (χ4v) is 4.15. The van der Waals surface area contributed by atoms with Gasteiger partial charge in [0.05, 0.1) is 35.9 Å². The summed E-state index contributed by atoms with van der Waals surface area (Å²) in [7, 11) is -3.85. The fraction of sp³-hybridized carbons (Fsp3) is 0.200. The highest BCUT2D eigenvalue weighted by Gasteiger charge is 2.18. The van der Waals surface area contributed by atoms with E-state index in [1.54, 1.807) is 45.9 Å². The Kier molecular flexibility index (Phi) is 4.56. The first-order valence-electron chi connectivity index (χ1n) is 9.51. The SMILES string of the molecule is Cc1ccc(S(=O)(=O)OCCn2ncc3c2nc(C)n2nc(-c4ccco4)nc32)cc1. The van der Waals surface area contributed by atoms with Crippen LogP contribution in [0.15, 0.2) is 58.2 Å². The Hall–Kier alpha value is -3.57. The van der Waals surface area contributed by atoms with Gasteiger partial charge in [0.1, 0.15) is 5.82 Å². The van der Waals surface area contributed by atoms with Gasteiger partial charge in [-0.2, -0.15) is 18.0 Å². The Morgan fingerprint density at radius 2 is 1.87 bits per heavy atom. The quantitative estimate of drug-likeness (QED) is 0.372. The first-order valence-corrected chi connectivity index (χ1v) is 10.9. The van der Waals surface area contributed by atoms with Crippen LogP contribution in [0.4, 0.5) is 0 Å². The van der Waals surface area contributed by atoms with E-state index < -0.39 is 10.1 Å². The van der Waals surface area contributed by atoms with Gasteiger partial charge in [0.25, 0.3) is 10.1 Å². The number of furan rings is 1. The summed E-state index contributed by atoms with van der Waals surface area (Å²) in [6, 6.07) is 10.1. The monoisotopic (exact) mass is 438 g/mol. The van der Waals surface area contributed by atoms with Gasteiger partial charge in [-0.15, -0.1) is 5.10 Å². The summed E-state index contributed by atoms with van der Waals surface area (Å²) >= 11 is 0. The van der Waals surface area contributed by atoms with E-state index in [1.165, 1.54) is 12.1 Å². The first kappa shape index (κ1) is 19.4. The Labute approximate surface area is 177 Å². The average Bonchev–Trinajstić information content (AvgIpc) is 3.48. The number of fused-ring (bicyclic) bond motifs is 3. The van der Waals surface area contributed by atoms with Crippen LogP contribution in [-0.4, -0.2) is 44.4 Å². The molecule has 1 aromatic carbocycles. The predicted octanol–water partition coefficient (Wildman–Crippen LogP) is 2.76. The third-order valence-electron chi connectivity index (χ3n) is 4.83. The summed E-state index contributed by atoms with van der Waals surface area (Å²) in [5.74, 6) is 1.61. The molecular formula is C20H18N6O4S. The largest absolute Gasteiger partial charge is 0.461 e. The third kappa shape index (κ3) is 3.47. The lowest BCUT2D eigenvalue weighted by molar-refractivity contribution is 0.296. The molecule has 0 aliphatic heterocycles. The maximum Gasteiger partial charge on any atom is 0.297 e. The van der Waals surface area contributed by atoms with Crippen LogP contribution in [0.5, 0.6) is 0 Å². The van der Waals surface area contributed by atoms with Crippen molar-refractivity contribution in [1.29, 1.82) is 0 Å². The number of benzene rings is 1. The summed E-state index contributed by atoms with van der Waals surface area (Å²) in [6.45, 7) is 3.82. The van der Waals surface area contributed by atoms with E-state index in [4.69, 9.17) is 8.60 Å². The van der Waals surface area contributed by atoms with Crippen LogP contribution in [0, 0.1) is 13.8 Å². The smallest absolute Gasteiger partial charge is 0.297 e. The van der Waals surface area contributed by atoms with Crippen molar-refractivity contribution in [3.8, 4) is 11.6 Å². The molecule has 0 unspecified atom stereocenters. The van der Waals surface area contributed by atoms with E-state index in [9.17, 15) is 8.42 Å². The van der Waals surface area contributed by atoms with Crippen LogP contribution in [0.3, 0.4) is 0 Å². The van der Waals surface area contributed by atoms with Gasteiger partial charge in [-0.25, -0.2) is 14.6 Å². The minimum absolute atomic E-state index is 0.0801. The molecule has 0 radical (unpaired) electrons. The van der Waals surface area contributed by atoms with E-state index in [2.05, 4.69) is 20.2 Å². The number of hydrogen-bond donors (Lipinski definition) is 0. The van der Waals surface area contributed by atoms with Crippen molar-refractivity contribution in [3.05, 3.63) is 60.2 Å². The lowest BCUT2D eigenvalue weighted by atomic mass is 10.2. The highest BCUT2D eigenvalue weighted by molar-refractivity contribution is 7.86. The molecule has 0 saturated heterocycles. The highest BCUT2D eigenvalue weighted by atomic mass is 32.2. The fourth-order valence-electron chi connectivity index (χ4n) is 3.25. The van der Waals surface area contributed by atoms with Crippen molar-refractivity contribution in [2.45, 2.75) is 25.3 Å². The molecule has 5 aromatic rings. The van der Waals surface area contributed by atoms with Gasteiger partial charge in [-0.1, -0.05) is 17.7 Å². The summed E-state index contributed by atoms with van der Waals surface area (Å²) in [4.78, 5) is 9.25. The molecule has 0 amide bonds. The number of hydrogen-bond acceptors (Lipinski definition) is 8. The second kappa shape index (κ2) is 7.29. The van der Waals surface area contributed by atoms with Crippen molar-refractivity contribution in [2.24, 2.45) is 0 Å². The maximum atomic E-state index is 12.4. The lowest BCUT2D eigenvalue weighted by Crippen LogP contribution is -2.13. The van der Waals surface area contributed by atoms with Gasteiger partial charge < -0.3 is 4.42 Å². The summed E-state index contributed by atoms with van der Waals surface area (Å²) in [6.07, 6.45) is 3.19. The molecule has 4 aromatic heterocycles. The van der Waals surface area contributed by atoms with E-state index in [-0.39, 0.29) is 18.0 Å². The zero-order chi connectivity index (χ0) is 21.6. The van der Waals surface area contributed by atoms with E-state index in [0.717, 1.165) is 5.56 Å². The van der Waals surface area contributed by atoms with Crippen molar-refractivity contribution in [2.75, 3.05) is 6.61 Å². The zero-order valence-corrected chi connectivity index (χ0v) is 17.6. The standard InChI is InChI=1S/C20H18N6O4S/c1-13-5-7-15(8-6-13)31(27,28)30-11-9-25-19-16(12-21-25)20-23-18(17-4-3-10-29-17)24-26(20)14(2)22-19/h3-8,10,12H,9,11H2,1-2H3. The molecule has 5 rings (SSSR count). The molecule has 0 aliphatic rings. The lowest BCUT2D eigenvalue weighted by Gasteiger charge is -2.07. The van der Waals surface area contributed by atoms with Gasteiger partial charge in [-0.3, -0.25) is 4.18 Å². The zero-order valence-electron chi connectivity index (χ0n) is 16.8. The van der Waals surface area contributed by atoms with Crippen LogP contribution in [0.2, 0.25) is 0 Å². The Morgan fingerprint density at radius 1 is 1.06 bits per heavy atom. The molecule has 0 fully saturated rings. The summed E-state index contributed by atoms with van der Waals surface area (Å²) in [5, 5.41) is 9.49. The van der Waals surface area contributed by atoms with Gasteiger partial charge in [0, 0.05) is 0 Å². The molecule has 158 valence electrons. The molecule has 0 aliphatic carbocycles. The van der Waals surface area contributed by atoms with Crippen LogP contribution in [0.25, 0.3) is 28.3 Å². The predicted molar refractivity (Wildman–Crippen MR) is 111 cm³/mol. The van der Waals surface area contributed by atoms with Gasteiger partial charge in [-0.05, 0) is 38.1 Å². The van der Waals surface area contributed by atoms with Gasteiger partial charge >= 0.3 is 0 Å². The Bertz CT molecular complexity index is 1480. The van der Waals surface area contributed by atoms with E-state index in [0.29, 0.717) is 34.1 Å². The molecule has 31 heavy (non-hydrogen) atoms. The second-order valence-electron chi connectivity index (χ2n) is 7.00. The van der Waals surface area contributed by atoms with Crippen molar-refractivity contribution in [1.82, 2.24) is 29.4 Å². The highest BCUT2D eigenvalue weighted by Crippen LogP contribution is 2.22. The van der Waals surface area contributed by atoms with Gasteiger partial charge in [0.2, 0.25) is 5.82 Å². The number of nitrogens with zero attached hydrogens (tertiary/aromatic N) is 6. The third-order valence-corrected chi connectivity index (χ3v) is 6.15. The molecule has 4 heterocycles. The van der Waals surface area contributed by atoms with Crippen LogP contribution >= 0.6 is 0 Å². The molecule has 11 heteroatoms. The van der Waals surface area contributed by atoms with Crippen molar-refractivity contribution < 1.29 is 17.0 Å². The number of rotatable bonds is 6. The van der Waals surface area contributed by atoms with E-state index in [1.807, 2.05) is 13.8 Å². The summed E-state index contributed by atoms with van der Waals surface area (Å²) < 4.78 is 38.6. The molecule has 0 spiro atoms. The molecular weight excluding hydrogens is 420 g/mol. The average molecular weight is 438 g/mol.